The summed E-state index contributed by atoms with van der Waals surface area (Å²) in [6.07, 6.45) is 3.42. The molecule has 0 saturated carbocycles. The Hall–Kier alpha value is -6.36. The van der Waals surface area contributed by atoms with Crippen molar-refractivity contribution in [2.75, 3.05) is 9.71 Å². The molecule has 62 heavy (non-hydrogen) atoms. The fourth-order valence-corrected chi connectivity index (χ4v) is 13.2. The van der Waals surface area contributed by atoms with E-state index in [-0.39, 0.29) is 17.7 Å². The third-order valence-corrected chi connectivity index (χ3v) is 16.1. The molecule has 9 aromatic rings. The number of thiophene rings is 1. The molecule has 0 bridgehead atoms. The molecule has 0 radical (unpaired) electrons. The number of hydrogen-bond donors (Lipinski definition) is 0. The lowest BCUT2D eigenvalue weighted by Gasteiger charge is -2.51. The van der Waals surface area contributed by atoms with Gasteiger partial charge in [-0.2, -0.15) is 0 Å². The van der Waals surface area contributed by atoms with E-state index in [1.165, 1.54) is 134 Å². The second kappa shape index (κ2) is 12.8. The van der Waals surface area contributed by atoms with E-state index < -0.39 is 0 Å². The zero-order chi connectivity index (χ0) is 41.6. The molecule has 4 heteroatoms. The zero-order valence-corrected chi connectivity index (χ0v) is 36.8. The molecule has 0 fully saturated rings. The molecule has 0 spiro atoms. The van der Waals surface area contributed by atoms with E-state index >= 15 is 0 Å². The quantitative estimate of drug-likeness (QED) is 0.160. The Bertz CT molecular complexity index is 3370. The van der Waals surface area contributed by atoms with Gasteiger partial charge in [0.1, 0.15) is 0 Å². The van der Waals surface area contributed by atoms with Gasteiger partial charge >= 0.3 is 6.85 Å². The first-order chi connectivity index (χ1) is 30.3. The van der Waals surface area contributed by atoms with E-state index in [4.69, 9.17) is 0 Å². The van der Waals surface area contributed by atoms with Crippen LogP contribution in [0.4, 0.5) is 28.4 Å². The number of benzene rings is 8. The Labute approximate surface area is 369 Å². The van der Waals surface area contributed by atoms with Gasteiger partial charge < -0.3 is 9.71 Å². The van der Waals surface area contributed by atoms with Crippen LogP contribution in [0.5, 0.6) is 0 Å². The largest absolute Gasteiger partial charge is 0.376 e. The van der Waals surface area contributed by atoms with Crippen molar-refractivity contribution in [3.63, 3.8) is 0 Å². The molecule has 4 aliphatic rings. The summed E-state index contributed by atoms with van der Waals surface area (Å²) in [6.45, 7) is 11.9. The van der Waals surface area contributed by atoms with Gasteiger partial charge in [0.15, 0.2) is 0 Å². The normalized spacial score (nSPS) is 15.5. The summed E-state index contributed by atoms with van der Waals surface area (Å²) in [7, 11) is 0. The van der Waals surface area contributed by atoms with Crippen molar-refractivity contribution in [3.05, 3.63) is 186 Å². The summed E-state index contributed by atoms with van der Waals surface area (Å²) < 4.78 is 2.67. The van der Waals surface area contributed by atoms with Crippen LogP contribution in [-0.4, -0.2) is 6.85 Å². The van der Waals surface area contributed by atoms with E-state index in [9.17, 15) is 0 Å². The second-order valence-electron chi connectivity index (χ2n) is 19.1. The van der Waals surface area contributed by atoms with Crippen molar-refractivity contribution >= 4 is 77.7 Å². The number of nitrogens with zero attached hydrogens (tertiary/aromatic N) is 2. The number of para-hydroxylation sites is 2. The molecule has 0 atom stereocenters. The molecule has 8 aromatic carbocycles. The Morgan fingerprint density at radius 1 is 0.532 bits per heavy atom. The molecule has 298 valence electrons. The molecule has 0 unspecified atom stereocenters. The van der Waals surface area contributed by atoms with Crippen LogP contribution in [0.15, 0.2) is 158 Å². The first-order valence-electron chi connectivity index (χ1n) is 22.5. The first-order valence-corrected chi connectivity index (χ1v) is 23.3. The zero-order valence-electron chi connectivity index (χ0n) is 36.0. The van der Waals surface area contributed by atoms with Crippen LogP contribution in [0.2, 0.25) is 0 Å². The Kier molecular flexibility index (Phi) is 7.52. The van der Waals surface area contributed by atoms with Crippen LogP contribution in [-0.2, 0) is 17.3 Å². The number of unbranched alkanes of at least 4 members (excludes halogenated alkanes) is 1. The van der Waals surface area contributed by atoms with Gasteiger partial charge in [-0.15, -0.1) is 11.3 Å². The number of fused-ring (bicyclic) bond motifs is 13. The van der Waals surface area contributed by atoms with Crippen molar-refractivity contribution in [2.45, 2.75) is 64.7 Å². The maximum absolute atomic E-state index is 2.76. The standard InChI is InChI=1S/C58H47BN2S/c1-6-7-18-35-29-30-47(40(31-35)36-19-9-8-10-20-36)60-49-33-45-41(37-21-11-13-24-42(37)57(45,2)3)32-46(49)59-55-50(60)34-52-53(38-22-12-16-28-51(38)62-52)54(55)39-23-17-26-44-56(39)61(59)48-27-15-14-25-43(48)58(44,4)5/h8-17,19-34H,6-7,18H2,1-5H3. The van der Waals surface area contributed by atoms with Crippen molar-refractivity contribution in [1.82, 2.24) is 0 Å². The van der Waals surface area contributed by atoms with E-state index in [1.54, 1.807) is 0 Å². The number of hydrogen-bond acceptors (Lipinski definition) is 3. The monoisotopic (exact) mass is 814 g/mol. The molecule has 4 heterocycles. The van der Waals surface area contributed by atoms with Crippen molar-refractivity contribution in [2.24, 2.45) is 0 Å². The molecule has 1 aliphatic carbocycles. The molecule has 0 N–H and O–H groups in total. The molecule has 2 nitrogen and oxygen atoms in total. The van der Waals surface area contributed by atoms with Crippen molar-refractivity contribution in [1.29, 1.82) is 0 Å². The summed E-state index contributed by atoms with van der Waals surface area (Å²) in [5.74, 6) is 0. The van der Waals surface area contributed by atoms with Gasteiger partial charge in [-0.3, -0.25) is 0 Å². The van der Waals surface area contributed by atoms with Gasteiger partial charge in [-0.05, 0) is 110 Å². The van der Waals surface area contributed by atoms with Gasteiger partial charge in [0.25, 0.3) is 0 Å². The van der Waals surface area contributed by atoms with Gasteiger partial charge in [-0.1, -0.05) is 162 Å². The van der Waals surface area contributed by atoms with Gasteiger partial charge in [0, 0.05) is 64.9 Å². The maximum atomic E-state index is 2.76. The van der Waals surface area contributed by atoms with Crippen LogP contribution < -0.4 is 20.6 Å². The molecule has 3 aliphatic heterocycles. The Morgan fingerprint density at radius 3 is 2.11 bits per heavy atom. The highest BCUT2D eigenvalue weighted by atomic mass is 32.1. The van der Waals surface area contributed by atoms with E-state index in [0.717, 1.165) is 6.42 Å². The van der Waals surface area contributed by atoms with Gasteiger partial charge in [0.2, 0.25) is 0 Å². The highest BCUT2D eigenvalue weighted by molar-refractivity contribution is 7.26. The number of rotatable bonds is 5. The summed E-state index contributed by atoms with van der Waals surface area (Å²) >= 11 is 1.94. The molecular weight excluding hydrogens is 768 g/mol. The van der Waals surface area contributed by atoms with Gasteiger partial charge in [0.05, 0.1) is 5.69 Å². The lowest BCUT2D eigenvalue weighted by atomic mass is 9.42. The summed E-state index contributed by atoms with van der Waals surface area (Å²) in [4.78, 5) is 5.45. The van der Waals surface area contributed by atoms with Crippen molar-refractivity contribution < 1.29 is 0 Å². The lowest BCUT2D eigenvalue weighted by Crippen LogP contribution is -2.63. The lowest BCUT2D eigenvalue weighted by molar-refractivity contribution is 0.634. The Balaban J connectivity index is 1.22. The number of anilines is 5. The third kappa shape index (κ3) is 4.71. The minimum atomic E-state index is -0.183. The van der Waals surface area contributed by atoms with Crippen LogP contribution in [0.1, 0.15) is 75.3 Å². The maximum Gasteiger partial charge on any atom is 0.333 e. The molecule has 0 amide bonds. The SMILES string of the molecule is CCCCc1ccc(N2c3cc4c(cc3B3c5c2cc2sc6ccccc6c2c5-c2cccc5c2N3c2ccccc2C5(C)C)-c2ccccc2C4(C)C)c(-c2ccccc2)c1. The van der Waals surface area contributed by atoms with Crippen LogP contribution in [0.3, 0.4) is 0 Å². The smallest absolute Gasteiger partial charge is 0.333 e. The topological polar surface area (TPSA) is 6.48 Å². The Morgan fingerprint density at radius 2 is 1.26 bits per heavy atom. The van der Waals surface area contributed by atoms with E-state index in [1.807, 2.05) is 11.3 Å². The average Bonchev–Trinajstić information content (AvgIpc) is 3.78. The highest BCUT2D eigenvalue weighted by Gasteiger charge is 2.52. The van der Waals surface area contributed by atoms with E-state index in [0.29, 0.717) is 0 Å². The van der Waals surface area contributed by atoms with E-state index in [2.05, 4.69) is 202 Å². The summed E-state index contributed by atoms with van der Waals surface area (Å²) in [5.41, 5.74) is 23.8. The second-order valence-corrected chi connectivity index (χ2v) is 20.1. The van der Waals surface area contributed by atoms with Crippen LogP contribution in [0, 0.1) is 0 Å². The van der Waals surface area contributed by atoms with Crippen LogP contribution >= 0.6 is 11.3 Å². The highest BCUT2D eigenvalue weighted by Crippen LogP contribution is 2.59. The minimum Gasteiger partial charge on any atom is -0.376 e. The van der Waals surface area contributed by atoms with Crippen molar-refractivity contribution in [3.8, 4) is 33.4 Å². The fourth-order valence-electron chi connectivity index (χ4n) is 12.0. The molecule has 1 aromatic heterocycles. The number of aryl methyl sites for hydroxylation is 1. The predicted molar refractivity (Wildman–Crippen MR) is 267 cm³/mol. The molecular formula is C58H47BN2S. The summed E-state index contributed by atoms with van der Waals surface area (Å²) in [6, 6.07) is 60.9. The molecule has 13 rings (SSSR count). The minimum absolute atomic E-state index is 0.0645. The first kappa shape index (κ1) is 36.3. The summed E-state index contributed by atoms with van der Waals surface area (Å²) in [5, 5.41) is 2.73. The van der Waals surface area contributed by atoms with Gasteiger partial charge in [-0.25, -0.2) is 0 Å². The van der Waals surface area contributed by atoms with Crippen LogP contribution in [0.25, 0.3) is 53.6 Å². The average molecular weight is 815 g/mol. The predicted octanol–water partition coefficient (Wildman–Crippen LogP) is 14.7. The fraction of sp³-hybridized carbons (Fsp3) is 0.172. The molecule has 0 saturated heterocycles. The third-order valence-electron chi connectivity index (χ3n) is 15.0.